The highest BCUT2D eigenvalue weighted by atomic mass is 16.7. The SMILES string of the molecule is CCC(C)c1cc(OC(C)=O)c([C@@H]2O[C@H](COC(C)=O)[C@@H](OC(C)=O)[C@H](OC(C)=O)[C@H]2OC(C)=O)cc1Cc1ccc(/C=C/CC(=O)O)cc1C. The van der Waals surface area contributed by atoms with Crippen LogP contribution in [0.5, 0.6) is 5.75 Å². The average Bonchev–Trinajstić information content (AvgIpc) is 3.02. The zero-order chi connectivity index (χ0) is 38.0. The number of hydrogen-bond donors (Lipinski definition) is 1. The van der Waals surface area contributed by atoms with Gasteiger partial charge in [-0.1, -0.05) is 44.2 Å². The monoisotopic (exact) mass is 710 g/mol. The van der Waals surface area contributed by atoms with Crippen molar-refractivity contribution in [2.24, 2.45) is 0 Å². The summed E-state index contributed by atoms with van der Waals surface area (Å²) in [5.41, 5.74) is 4.73. The van der Waals surface area contributed by atoms with Crippen molar-refractivity contribution in [3.63, 3.8) is 0 Å². The molecule has 1 heterocycles. The Balaban J connectivity index is 2.28. The Morgan fingerprint density at radius 1 is 0.824 bits per heavy atom. The predicted octanol–water partition coefficient (Wildman–Crippen LogP) is 5.31. The second-order valence-corrected chi connectivity index (χ2v) is 12.5. The van der Waals surface area contributed by atoms with Gasteiger partial charge in [0, 0.05) is 40.2 Å². The number of rotatable bonds is 14. The fourth-order valence-electron chi connectivity index (χ4n) is 5.96. The second-order valence-electron chi connectivity index (χ2n) is 12.5. The Bertz CT molecular complexity index is 1660. The first kappa shape index (κ1) is 40.4. The maximum Gasteiger partial charge on any atom is 0.308 e. The van der Waals surface area contributed by atoms with E-state index in [1.165, 1.54) is 13.8 Å². The summed E-state index contributed by atoms with van der Waals surface area (Å²) in [7, 11) is 0. The van der Waals surface area contributed by atoms with E-state index >= 15 is 0 Å². The minimum atomic E-state index is -1.42. The first-order valence-electron chi connectivity index (χ1n) is 16.6. The summed E-state index contributed by atoms with van der Waals surface area (Å²) in [6.45, 7) is 11.4. The van der Waals surface area contributed by atoms with Crippen molar-refractivity contribution in [3.05, 3.63) is 69.8 Å². The van der Waals surface area contributed by atoms with Gasteiger partial charge in [0.1, 0.15) is 24.6 Å². The molecule has 1 fully saturated rings. The van der Waals surface area contributed by atoms with E-state index in [9.17, 15) is 28.8 Å². The van der Waals surface area contributed by atoms with Crippen molar-refractivity contribution in [3.8, 4) is 5.75 Å². The zero-order valence-electron chi connectivity index (χ0n) is 30.2. The number of hydrogen-bond acceptors (Lipinski definition) is 12. The highest BCUT2D eigenvalue weighted by Gasteiger charge is 2.53. The molecule has 1 unspecified atom stereocenters. The van der Waals surface area contributed by atoms with Crippen LogP contribution in [0.15, 0.2) is 36.4 Å². The molecule has 13 nitrogen and oxygen atoms in total. The van der Waals surface area contributed by atoms with Crippen molar-refractivity contribution >= 4 is 41.9 Å². The third kappa shape index (κ3) is 11.5. The Kier molecular flexibility index (Phi) is 14.5. The van der Waals surface area contributed by atoms with E-state index in [1.807, 2.05) is 39.0 Å². The molecule has 2 aromatic carbocycles. The molecule has 276 valence electrons. The van der Waals surface area contributed by atoms with Crippen molar-refractivity contribution < 1.29 is 62.3 Å². The number of ether oxygens (including phenoxy) is 6. The molecule has 1 aliphatic rings. The molecule has 0 spiro atoms. The Labute approximate surface area is 297 Å². The number of carbonyl (C=O) groups is 6. The smallest absolute Gasteiger partial charge is 0.308 e. The number of benzene rings is 2. The molecule has 0 radical (unpaired) electrons. The molecule has 0 aromatic heterocycles. The molecule has 1 saturated heterocycles. The Hall–Kier alpha value is -5.04. The van der Waals surface area contributed by atoms with Crippen LogP contribution in [0.2, 0.25) is 0 Å². The lowest BCUT2D eigenvalue weighted by Crippen LogP contribution is -2.59. The molecule has 6 atom stereocenters. The van der Waals surface area contributed by atoms with Crippen molar-refractivity contribution in [2.45, 2.75) is 111 Å². The third-order valence-electron chi connectivity index (χ3n) is 8.32. The Morgan fingerprint density at radius 2 is 1.45 bits per heavy atom. The quantitative estimate of drug-likeness (QED) is 0.152. The minimum Gasteiger partial charge on any atom is -0.481 e. The van der Waals surface area contributed by atoms with Gasteiger partial charge in [0.2, 0.25) is 0 Å². The fourth-order valence-corrected chi connectivity index (χ4v) is 5.96. The summed E-state index contributed by atoms with van der Waals surface area (Å²) < 4.78 is 34.3. The van der Waals surface area contributed by atoms with Gasteiger partial charge in [-0.05, 0) is 65.6 Å². The number of carboxylic acids is 1. The van der Waals surface area contributed by atoms with Gasteiger partial charge in [0.05, 0.1) is 6.42 Å². The number of carboxylic acid groups (broad SMARTS) is 1. The van der Waals surface area contributed by atoms with Crippen LogP contribution in [0.1, 0.15) is 107 Å². The molecule has 0 aliphatic carbocycles. The summed E-state index contributed by atoms with van der Waals surface area (Å²) in [5, 5.41) is 8.98. The van der Waals surface area contributed by atoms with Crippen LogP contribution in [0.4, 0.5) is 0 Å². The lowest BCUT2D eigenvalue weighted by molar-refractivity contribution is -0.254. The van der Waals surface area contributed by atoms with Gasteiger partial charge in [0.15, 0.2) is 18.3 Å². The standard InChI is InChI=1S/C38H46O13/c1-9-20(2)30-18-32(47-23(5)40)31(17-29(30)16-28-14-13-27(15-21(28)3)11-10-12-34(44)45)35-37(49-25(7)42)38(50-26(8)43)36(48-24(6)41)33(51-35)19-46-22(4)39/h10-11,13-15,17-18,20,33,35-38H,9,12,16,19H2,1-8H3,(H,44,45)/b11-10+/t20?,33-,35+,36-,37+,38+/m1/s1. The van der Waals surface area contributed by atoms with E-state index in [0.717, 1.165) is 55.0 Å². The van der Waals surface area contributed by atoms with E-state index in [0.29, 0.717) is 6.42 Å². The lowest BCUT2D eigenvalue weighted by Gasteiger charge is -2.45. The molecular formula is C38H46O13. The van der Waals surface area contributed by atoms with Crippen LogP contribution in [0.25, 0.3) is 6.08 Å². The maximum absolute atomic E-state index is 12.5. The summed E-state index contributed by atoms with van der Waals surface area (Å²) in [4.78, 5) is 72.5. The lowest BCUT2D eigenvalue weighted by atomic mass is 9.84. The molecule has 3 rings (SSSR count). The third-order valence-corrected chi connectivity index (χ3v) is 8.32. The number of aryl methyl sites for hydroxylation is 1. The van der Waals surface area contributed by atoms with Gasteiger partial charge in [-0.15, -0.1) is 0 Å². The molecule has 0 saturated carbocycles. The topological polar surface area (TPSA) is 178 Å². The van der Waals surface area contributed by atoms with Gasteiger partial charge in [-0.3, -0.25) is 28.8 Å². The van der Waals surface area contributed by atoms with E-state index in [2.05, 4.69) is 0 Å². The molecule has 13 heteroatoms. The van der Waals surface area contributed by atoms with Crippen LogP contribution in [-0.2, 0) is 58.9 Å². The number of carbonyl (C=O) groups excluding carboxylic acids is 5. The van der Waals surface area contributed by atoms with E-state index in [-0.39, 0.29) is 23.7 Å². The molecule has 1 N–H and O–H groups in total. The molecule has 51 heavy (non-hydrogen) atoms. The largest absolute Gasteiger partial charge is 0.481 e. The fraction of sp³-hybridized carbons (Fsp3) is 0.474. The number of esters is 5. The second kappa shape index (κ2) is 18.3. The van der Waals surface area contributed by atoms with Crippen LogP contribution in [0, 0.1) is 6.92 Å². The normalized spacial score (nSPS) is 20.6. The van der Waals surface area contributed by atoms with Gasteiger partial charge >= 0.3 is 35.8 Å². The minimum absolute atomic E-state index is 0.0114. The highest BCUT2D eigenvalue weighted by Crippen LogP contribution is 2.43. The maximum atomic E-state index is 12.5. The highest BCUT2D eigenvalue weighted by molar-refractivity contribution is 5.72. The predicted molar refractivity (Wildman–Crippen MR) is 183 cm³/mol. The van der Waals surface area contributed by atoms with Crippen LogP contribution >= 0.6 is 0 Å². The molecule has 2 aromatic rings. The van der Waals surface area contributed by atoms with Crippen molar-refractivity contribution in [1.82, 2.24) is 0 Å². The Morgan fingerprint density at radius 3 is 2.00 bits per heavy atom. The van der Waals surface area contributed by atoms with E-state index in [4.69, 9.17) is 33.5 Å². The first-order valence-corrected chi connectivity index (χ1v) is 16.6. The van der Waals surface area contributed by atoms with E-state index in [1.54, 1.807) is 24.3 Å². The van der Waals surface area contributed by atoms with Gasteiger partial charge < -0.3 is 33.5 Å². The van der Waals surface area contributed by atoms with Crippen LogP contribution in [0.3, 0.4) is 0 Å². The average molecular weight is 711 g/mol. The van der Waals surface area contributed by atoms with Crippen LogP contribution < -0.4 is 4.74 Å². The molecule has 1 aliphatic heterocycles. The van der Waals surface area contributed by atoms with E-state index < -0.39 is 72.9 Å². The summed E-state index contributed by atoms with van der Waals surface area (Å²) in [5.74, 6) is -4.38. The molecular weight excluding hydrogens is 664 g/mol. The first-order chi connectivity index (χ1) is 24.0. The van der Waals surface area contributed by atoms with Crippen LogP contribution in [-0.4, -0.2) is 71.9 Å². The zero-order valence-corrected chi connectivity index (χ0v) is 30.2. The van der Waals surface area contributed by atoms with Gasteiger partial charge in [-0.2, -0.15) is 0 Å². The van der Waals surface area contributed by atoms with Gasteiger partial charge in [0.25, 0.3) is 0 Å². The van der Waals surface area contributed by atoms with Crippen molar-refractivity contribution in [2.75, 3.05) is 6.61 Å². The molecule has 0 amide bonds. The van der Waals surface area contributed by atoms with Gasteiger partial charge in [-0.25, -0.2) is 0 Å². The number of aliphatic carboxylic acids is 1. The summed E-state index contributed by atoms with van der Waals surface area (Å²) >= 11 is 0. The molecule has 0 bridgehead atoms. The summed E-state index contributed by atoms with van der Waals surface area (Å²) in [6.07, 6.45) is -2.26. The van der Waals surface area contributed by atoms with Crippen molar-refractivity contribution in [1.29, 1.82) is 0 Å². The summed E-state index contributed by atoms with van der Waals surface area (Å²) in [6, 6.07) is 9.32.